The summed E-state index contributed by atoms with van der Waals surface area (Å²) < 4.78 is 0. The van der Waals surface area contributed by atoms with Gasteiger partial charge in [-0.05, 0) is 42.9 Å². The first kappa shape index (κ1) is 17.8. The van der Waals surface area contributed by atoms with Gasteiger partial charge in [-0.1, -0.05) is 6.07 Å². The van der Waals surface area contributed by atoms with E-state index in [0.29, 0.717) is 30.1 Å². The van der Waals surface area contributed by atoms with E-state index >= 15 is 0 Å². The number of nitrogens with two attached hydrogens (primary N) is 1. The van der Waals surface area contributed by atoms with E-state index in [1.54, 1.807) is 18.2 Å². The highest BCUT2D eigenvalue weighted by atomic mass is 16.2. The van der Waals surface area contributed by atoms with Gasteiger partial charge in [-0.2, -0.15) is 0 Å². The second kappa shape index (κ2) is 6.86. The molecule has 3 aliphatic rings. The molecule has 2 atom stereocenters. The molecule has 8 nitrogen and oxygen atoms in total. The summed E-state index contributed by atoms with van der Waals surface area (Å²) in [5.41, 5.74) is 7.54. The van der Waals surface area contributed by atoms with E-state index in [0.717, 1.165) is 10.5 Å². The summed E-state index contributed by atoms with van der Waals surface area (Å²) in [6.07, 6.45) is 2.65. The fourth-order valence-corrected chi connectivity index (χ4v) is 3.70. The molecule has 4 N–H and O–H groups in total. The van der Waals surface area contributed by atoms with Crippen molar-refractivity contribution in [1.82, 2.24) is 15.5 Å². The molecule has 1 aromatic carbocycles. The topological polar surface area (TPSA) is 122 Å². The van der Waals surface area contributed by atoms with Crippen LogP contribution in [0, 0.1) is 5.92 Å². The van der Waals surface area contributed by atoms with Gasteiger partial charge in [-0.15, -0.1) is 0 Å². The molecule has 2 fully saturated rings. The lowest BCUT2D eigenvalue weighted by molar-refractivity contribution is -0.136. The quantitative estimate of drug-likeness (QED) is 0.602. The van der Waals surface area contributed by atoms with E-state index in [1.807, 2.05) is 0 Å². The number of hydrogen-bond acceptors (Lipinski definition) is 6. The number of carbonyl (C=O) groups excluding carboxylic acids is 4. The van der Waals surface area contributed by atoms with E-state index in [1.165, 1.54) is 12.8 Å². The van der Waals surface area contributed by atoms with Crippen molar-refractivity contribution in [3.63, 3.8) is 0 Å². The molecule has 1 saturated carbocycles. The number of imide groups is 2. The van der Waals surface area contributed by atoms with Gasteiger partial charge < -0.3 is 11.1 Å². The van der Waals surface area contributed by atoms with Crippen LogP contribution in [0.5, 0.6) is 0 Å². The molecule has 0 bridgehead atoms. The minimum Gasteiger partial charge on any atom is -0.326 e. The number of rotatable bonds is 6. The maximum absolute atomic E-state index is 12.8. The van der Waals surface area contributed by atoms with Gasteiger partial charge in [-0.25, -0.2) is 0 Å². The van der Waals surface area contributed by atoms with Gasteiger partial charge in [0.05, 0.1) is 11.1 Å². The number of carbonyl (C=O) groups is 4. The molecule has 2 unspecified atom stereocenters. The lowest BCUT2D eigenvalue weighted by Gasteiger charge is -2.27. The summed E-state index contributed by atoms with van der Waals surface area (Å²) in [7, 11) is 0. The van der Waals surface area contributed by atoms with Crippen LogP contribution in [0.4, 0.5) is 0 Å². The van der Waals surface area contributed by atoms with Gasteiger partial charge in [0.15, 0.2) is 0 Å². The van der Waals surface area contributed by atoms with Crippen LogP contribution in [0.3, 0.4) is 0 Å². The van der Waals surface area contributed by atoms with Crippen LogP contribution in [-0.4, -0.2) is 47.2 Å². The largest absolute Gasteiger partial charge is 0.326 e. The molecule has 1 saturated heterocycles. The molecular weight excluding hydrogens is 348 g/mol. The second-order valence-electron chi connectivity index (χ2n) is 7.46. The van der Waals surface area contributed by atoms with Gasteiger partial charge >= 0.3 is 0 Å². The summed E-state index contributed by atoms with van der Waals surface area (Å²) in [5.74, 6) is -1.35. The van der Waals surface area contributed by atoms with Crippen molar-refractivity contribution < 1.29 is 19.2 Å². The van der Waals surface area contributed by atoms with E-state index < -0.39 is 23.8 Å². The van der Waals surface area contributed by atoms with Crippen LogP contribution in [-0.2, 0) is 16.1 Å². The van der Waals surface area contributed by atoms with E-state index in [-0.39, 0.29) is 24.8 Å². The zero-order valence-electron chi connectivity index (χ0n) is 14.9. The van der Waals surface area contributed by atoms with Gasteiger partial charge in [0.25, 0.3) is 11.8 Å². The Kier molecular flexibility index (Phi) is 4.53. The molecule has 27 heavy (non-hydrogen) atoms. The molecule has 0 spiro atoms. The smallest absolute Gasteiger partial charge is 0.262 e. The van der Waals surface area contributed by atoms with Crippen molar-refractivity contribution >= 4 is 23.6 Å². The van der Waals surface area contributed by atoms with Crippen molar-refractivity contribution in [3.8, 4) is 0 Å². The molecular formula is C19H22N4O4. The number of piperidine rings is 1. The summed E-state index contributed by atoms with van der Waals surface area (Å²) in [6, 6.07) is 4.32. The van der Waals surface area contributed by atoms with Crippen LogP contribution in [0.25, 0.3) is 0 Å². The van der Waals surface area contributed by atoms with Crippen LogP contribution < -0.4 is 16.4 Å². The maximum atomic E-state index is 12.8. The highest BCUT2D eigenvalue weighted by Gasteiger charge is 2.44. The molecule has 4 amide bonds. The minimum atomic E-state index is -0.937. The molecule has 8 heteroatoms. The standard InChI is InChI=1S/C19H22N4O4/c20-14(11-2-3-11)9-21-8-10-1-4-12-13(7-10)19(27)23(18(12)26)15-5-6-16(24)22-17(15)25/h1,4,7,11,14-15,21H,2-3,5-6,8-9,20H2,(H,22,24,25). The van der Waals surface area contributed by atoms with Crippen molar-refractivity contribution in [3.05, 3.63) is 34.9 Å². The molecule has 4 rings (SSSR count). The number of nitrogens with one attached hydrogen (secondary N) is 2. The van der Waals surface area contributed by atoms with Crippen LogP contribution in [0.1, 0.15) is 52.0 Å². The van der Waals surface area contributed by atoms with Gasteiger partial charge in [0.1, 0.15) is 6.04 Å². The first-order chi connectivity index (χ1) is 13.0. The van der Waals surface area contributed by atoms with Crippen molar-refractivity contribution in [2.24, 2.45) is 11.7 Å². The van der Waals surface area contributed by atoms with Gasteiger partial charge in [0, 0.05) is 25.6 Å². The third-order valence-electron chi connectivity index (χ3n) is 5.44. The van der Waals surface area contributed by atoms with E-state index in [9.17, 15) is 19.2 Å². The Morgan fingerprint density at radius 2 is 1.85 bits per heavy atom. The molecule has 2 heterocycles. The fraction of sp³-hybridized carbons (Fsp3) is 0.474. The Morgan fingerprint density at radius 1 is 1.11 bits per heavy atom. The first-order valence-corrected chi connectivity index (χ1v) is 9.26. The summed E-state index contributed by atoms with van der Waals surface area (Å²) in [6.45, 7) is 1.25. The zero-order chi connectivity index (χ0) is 19.1. The molecule has 0 aromatic heterocycles. The number of benzene rings is 1. The maximum Gasteiger partial charge on any atom is 0.262 e. The molecule has 142 valence electrons. The van der Waals surface area contributed by atoms with Crippen LogP contribution >= 0.6 is 0 Å². The highest BCUT2D eigenvalue weighted by molar-refractivity contribution is 6.23. The lowest BCUT2D eigenvalue weighted by atomic mass is 10.0. The van der Waals surface area contributed by atoms with E-state index in [2.05, 4.69) is 10.6 Å². The summed E-state index contributed by atoms with van der Waals surface area (Å²) in [4.78, 5) is 49.8. The number of amides is 4. The Morgan fingerprint density at radius 3 is 2.56 bits per heavy atom. The fourth-order valence-electron chi connectivity index (χ4n) is 3.70. The number of hydrogen-bond donors (Lipinski definition) is 3. The predicted molar refractivity (Wildman–Crippen MR) is 95.5 cm³/mol. The van der Waals surface area contributed by atoms with E-state index in [4.69, 9.17) is 5.73 Å². The van der Waals surface area contributed by atoms with Crippen LogP contribution in [0.2, 0.25) is 0 Å². The Bertz CT molecular complexity index is 833. The average molecular weight is 370 g/mol. The Balaban J connectivity index is 1.46. The molecule has 1 aliphatic carbocycles. The molecule has 2 aliphatic heterocycles. The minimum absolute atomic E-state index is 0.111. The van der Waals surface area contributed by atoms with Crippen LogP contribution in [0.15, 0.2) is 18.2 Å². The number of nitrogens with zero attached hydrogens (tertiary/aromatic N) is 1. The number of fused-ring (bicyclic) bond motifs is 1. The SMILES string of the molecule is NC(CNCc1ccc2c(c1)C(=O)N(C1CCC(=O)NC1=O)C2=O)C1CC1. The Labute approximate surface area is 156 Å². The average Bonchev–Trinajstić information content (AvgIpc) is 3.45. The van der Waals surface area contributed by atoms with Crippen molar-refractivity contribution in [1.29, 1.82) is 0 Å². The third kappa shape index (κ3) is 3.38. The summed E-state index contributed by atoms with van der Waals surface area (Å²) in [5, 5.41) is 5.48. The monoisotopic (exact) mass is 370 g/mol. The van der Waals surface area contributed by atoms with Crippen molar-refractivity contribution in [2.75, 3.05) is 6.54 Å². The Hall–Kier alpha value is -2.58. The normalized spacial score (nSPS) is 23.4. The van der Waals surface area contributed by atoms with Gasteiger partial charge in [-0.3, -0.25) is 29.4 Å². The predicted octanol–water partition coefficient (Wildman–Crippen LogP) is -0.0853. The zero-order valence-corrected chi connectivity index (χ0v) is 14.9. The van der Waals surface area contributed by atoms with Crippen molar-refractivity contribution in [2.45, 2.75) is 44.3 Å². The third-order valence-corrected chi connectivity index (χ3v) is 5.44. The highest BCUT2D eigenvalue weighted by Crippen LogP contribution is 2.31. The second-order valence-corrected chi connectivity index (χ2v) is 7.46. The lowest BCUT2D eigenvalue weighted by Crippen LogP contribution is -2.54. The summed E-state index contributed by atoms with van der Waals surface area (Å²) >= 11 is 0. The molecule has 1 aromatic rings. The molecule has 0 radical (unpaired) electrons. The first-order valence-electron chi connectivity index (χ1n) is 9.26. The van der Waals surface area contributed by atoms with Gasteiger partial charge in [0.2, 0.25) is 11.8 Å².